The smallest absolute Gasteiger partial charge is 0.295 e. The summed E-state index contributed by atoms with van der Waals surface area (Å²) in [5, 5.41) is 20.8. The molecule has 3 aromatic rings. The first-order valence-corrected chi connectivity index (χ1v) is 10.7. The highest BCUT2D eigenvalue weighted by atomic mass is 16.5. The van der Waals surface area contributed by atoms with Gasteiger partial charge in [-0.25, -0.2) is 0 Å². The van der Waals surface area contributed by atoms with Crippen molar-refractivity contribution in [2.24, 2.45) is 0 Å². The van der Waals surface area contributed by atoms with Gasteiger partial charge in [-0.2, -0.15) is 0 Å². The average molecular weight is 444 g/mol. The van der Waals surface area contributed by atoms with E-state index in [9.17, 15) is 19.8 Å². The van der Waals surface area contributed by atoms with Gasteiger partial charge in [-0.1, -0.05) is 25.1 Å². The Morgan fingerprint density at radius 2 is 1.79 bits per heavy atom. The number of ketones is 1. The van der Waals surface area contributed by atoms with E-state index < -0.39 is 17.7 Å². The van der Waals surface area contributed by atoms with Crippen LogP contribution in [0, 0.1) is 0 Å². The van der Waals surface area contributed by atoms with Gasteiger partial charge in [-0.15, -0.1) is 0 Å². The Bertz CT molecular complexity index is 1170. The highest BCUT2D eigenvalue weighted by molar-refractivity contribution is 6.46. The number of hydrogen-bond donors (Lipinski definition) is 2. The van der Waals surface area contributed by atoms with Gasteiger partial charge in [-0.3, -0.25) is 14.6 Å². The van der Waals surface area contributed by atoms with Gasteiger partial charge in [0, 0.05) is 24.5 Å². The van der Waals surface area contributed by atoms with Crippen molar-refractivity contribution in [1.82, 2.24) is 9.88 Å². The standard InChI is InChI=1S/C26H24N2O5/c1-2-14-33-21-11-7-19(8-12-21)24(30)22-23(18-5-9-20(29)10-6-18)28(26(32)25(22)31)16-17-4-3-13-27-15-17/h3-13,15,23,29-30H,2,14,16H2,1H3. The number of rotatable bonds is 7. The molecule has 0 spiro atoms. The summed E-state index contributed by atoms with van der Waals surface area (Å²) in [7, 11) is 0. The molecule has 4 rings (SSSR count). The number of hydrogen-bond acceptors (Lipinski definition) is 6. The highest BCUT2D eigenvalue weighted by Crippen LogP contribution is 2.40. The number of phenols is 1. The van der Waals surface area contributed by atoms with E-state index in [4.69, 9.17) is 4.74 Å². The summed E-state index contributed by atoms with van der Waals surface area (Å²) in [6, 6.07) is 15.7. The third-order valence-electron chi connectivity index (χ3n) is 5.43. The molecular formula is C26H24N2O5. The third kappa shape index (κ3) is 4.57. The molecule has 1 amide bonds. The number of benzene rings is 2. The molecule has 0 aliphatic carbocycles. The van der Waals surface area contributed by atoms with Gasteiger partial charge < -0.3 is 19.8 Å². The molecule has 1 aliphatic rings. The van der Waals surface area contributed by atoms with E-state index in [1.807, 2.05) is 13.0 Å². The van der Waals surface area contributed by atoms with Crippen molar-refractivity contribution in [1.29, 1.82) is 0 Å². The molecule has 1 saturated heterocycles. The molecule has 0 saturated carbocycles. The van der Waals surface area contributed by atoms with Crippen molar-refractivity contribution >= 4 is 17.4 Å². The molecule has 0 radical (unpaired) electrons. The minimum atomic E-state index is -0.818. The number of carbonyl (C=O) groups excluding carboxylic acids is 2. The number of aliphatic hydroxyl groups excluding tert-OH is 1. The quantitative estimate of drug-likeness (QED) is 0.322. The van der Waals surface area contributed by atoms with Crippen LogP contribution in [-0.2, 0) is 16.1 Å². The Kier molecular flexibility index (Phi) is 6.40. The van der Waals surface area contributed by atoms with Gasteiger partial charge in [-0.05, 0) is 60.0 Å². The predicted molar refractivity (Wildman–Crippen MR) is 122 cm³/mol. The minimum Gasteiger partial charge on any atom is -0.508 e. The maximum Gasteiger partial charge on any atom is 0.295 e. The van der Waals surface area contributed by atoms with Crippen molar-refractivity contribution < 1.29 is 24.5 Å². The monoisotopic (exact) mass is 444 g/mol. The van der Waals surface area contributed by atoms with E-state index in [1.54, 1.807) is 54.9 Å². The lowest BCUT2D eigenvalue weighted by Crippen LogP contribution is -2.29. The van der Waals surface area contributed by atoms with Crippen LogP contribution < -0.4 is 4.74 Å². The number of pyridine rings is 1. The first-order chi connectivity index (χ1) is 16.0. The summed E-state index contributed by atoms with van der Waals surface area (Å²) in [5.74, 6) is -1.02. The zero-order valence-electron chi connectivity index (χ0n) is 18.1. The zero-order valence-corrected chi connectivity index (χ0v) is 18.1. The molecule has 33 heavy (non-hydrogen) atoms. The van der Waals surface area contributed by atoms with Gasteiger partial charge in [0.2, 0.25) is 0 Å². The zero-order chi connectivity index (χ0) is 23.4. The number of aliphatic hydroxyl groups is 1. The van der Waals surface area contributed by atoms with Crippen LogP contribution in [0.3, 0.4) is 0 Å². The first kappa shape index (κ1) is 22.1. The number of Topliss-reactive ketones (excluding diaryl/α,β-unsaturated/α-hetero) is 1. The number of ether oxygens (including phenoxy) is 1. The van der Waals surface area contributed by atoms with Gasteiger partial charge in [0.1, 0.15) is 17.3 Å². The van der Waals surface area contributed by atoms with Crippen LogP contribution in [-0.4, -0.2) is 38.4 Å². The van der Waals surface area contributed by atoms with Gasteiger partial charge in [0.25, 0.3) is 11.7 Å². The summed E-state index contributed by atoms with van der Waals surface area (Å²) in [6.07, 6.45) is 4.12. The van der Waals surface area contributed by atoms with E-state index in [2.05, 4.69) is 4.98 Å². The fourth-order valence-electron chi connectivity index (χ4n) is 3.82. The number of phenolic OH excluding ortho intramolecular Hbond substituents is 1. The van der Waals surface area contributed by atoms with Crippen molar-refractivity contribution in [3.63, 3.8) is 0 Å². The normalized spacial score (nSPS) is 17.4. The molecule has 2 aromatic carbocycles. The van der Waals surface area contributed by atoms with E-state index in [1.165, 1.54) is 17.0 Å². The Hall–Kier alpha value is -4.13. The summed E-state index contributed by atoms with van der Waals surface area (Å²) < 4.78 is 5.58. The van der Waals surface area contributed by atoms with Crippen LogP contribution in [0.25, 0.3) is 5.76 Å². The summed E-state index contributed by atoms with van der Waals surface area (Å²) in [5.41, 5.74) is 1.75. The van der Waals surface area contributed by atoms with E-state index in [0.29, 0.717) is 23.5 Å². The molecule has 7 nitrogen and oxygen atoms in total. The molecular weight excluding hydrogens is 420 g/mol. The molecule has 7 heteroatoms. The third-order valence-corrected chi connectivity index (χ3v) is 5.43. The van der Waals surface area contributed by atoms with Crippen LogP contribution in [0.1, 0.15) is 36.1 Å². The van der Waals surface area contributed by atoms with Crippen molar-refractivity contribution in [2.45, 2.75) is 25.9 Å². The van der Waals surface area contributed by atoms with E-state index in [-0.39, 0.29) is 23.6 Å². The lowest BCUT2D eigenvalue weighted by Gasteiger charge is -2.25. The highest BCUT2D eigenvalue weighted by Gasteiger charge is 2.46. The molecule has 1 unspecified atom stereocenters. The Labute approximate surface area is 191 Å². The fourth-order valence-corrected chi connectivity index (χ4v) is 3.82. The van der Waals surface area contributed by atoms with Gasteiger partial charge in [0.15, 0.2) is 0 Å². The lowest BCUT2D eigenvalue weighted by atomic mass is 9.95. The number of carbonyl (C=O) groups is 2. The minimum absolute atomic E-state index is 0.00296. The number of nitrogens with zero attached hydrogens (tertiary/aromatic N) is 2. The Balaban J connectivity index is 1.78. The van der Waals surface area contributed by atoms with Crippen molar-refractivity contribution in [3.8, 4) is 11.5 Å². The Morgan fingerprint density at radius 3 is 2.42 bits per heavy atom. The van der Waals surface area contributed by atoms with Crippen molar-refractivity contribution in [3.05, 3.63) is 95.3 Å². The molecule has 2 N–H and O–H groups in total. The topological polar surface area (TPSA) is 100.0 Å². The second-order valence-corrected chi connectivity index (χ2v) is 7.75. The first-order valence-electron chi connectivity index (χ1n) is 10.7. The Morgan fingerprint density at radius 1 is 1.06 bits per heavy atom. The fraction of sp³-hybridized carbons (Fsp3) is 0.192. The van der Waals surface area contributed by atoms with E-state index >= 15 is 0 Å². The second kappa shape index (κ2) is 9.56. The van der Waals surface area contributed by atoms with Gasteiger partial charge in [0.05, 0.1) is 18.2 Å². The number of aromatic hydroxyl groups is 1. The summed E-state index contributed by atoms with van der Waals surface area (Å²) in [4.78, 5) is 31.6. The second-order valence-electron chi connectivity index (χ2n) is 7.75. The molecule has 1 aromatic heterocycles. The predicted octanol–water partition coefficient (Wildman–Crippen LogP) is 4.20. The number of aromatic nitrogens is 1. The maximum absolute atomic E-state index is 13.1. The van der Waals surface area contributed by atoms with E-state index in [0.717, 1.165) is 12.0 Å². The summed E-state index contributed by atoms with van der Waals surface area (Å²) >= 11 is 0. The van der Waals surface area contributed by atoms with Crippen LogP contribution in [0.15, 0.2) is 78.6 Å². The molecule has 1 fully saturated rings. The molecule has 2 heterocycles. The lowest BCUT2D eigenvalue weighted by molar-refractivity contribution is -0.140. The molecule has 0 bridgehead atoms. The van der Waals surface area contributed by atoms with Crippen LogP contribution in [0.2, 0.25) is 0 Å². The van der Waals surface area contributed by atoms with Gasteiger partial charge >= 0.3 is 0 Å². The largest absolute Gasteiger partial charge is 0.508 e. The SMILES string of the molecule is CCCOc1ccc(C(O)=C2C(=O)C(=O)N(Cc3cccnc3)C2c2ccc(O)cc2)cc1. The van der Waals surface area contributed by atoms with Crippen LogP contribution in [0.4, 0.5) is 0 Å². The van der Waals surface area contributed by atoms with Crippen molar-refractivity contribution in [2.75, 3.05) is 6.61 Å². The van der Waals surface area contributed by atoms with Crippen LogP contribution in [0.5, 0.6) is 11.5 Å². The maximum atomic E-state index is 13.1. The number of amides is 1. The molecule has 1 atom stereocenters. The molecule has 1 aliphatic heterocycles. The number of likely N-dealkylation sites (tertiary alicyclic amines) is 1. The van der Waals surface area contributed by atoms with Crippen LogP contribution >= 0.6 is 0 Å². The average Bonchev–Trinajstić information content (AvgIpc) is 3.08. The summed E-state index contributed by atoms with van der Waals surface area (Å²) in [6.45, 7) is 2.73. The molecule has 168 valence electrons.